The number of nitrogens with one attached hydrogen (secondary N) is 3. The van der Waals surface area contributed by atoms with Crippen LogP contribution in [0, 0.1) is 0 Å². The van der Waals surface area contributed by atoms with Crippen LogP contribution in [0.4, 0.5) is 0 Å². The van der Waals surface area contributed by atoms with Gasteiger partial charge in [0.1, 0.15) is 22.9 Å². The number of hydrogen-bond donors (Lipinski definition) is 4. The highest BCUT2D eigenvalue weighted by atomic mass is 16.5. The number of ether oxygens (including phenoxy) is 2. The third-order valence-corrected chi connectivity index (χ3v) is 8.66. The minimum Gasteiger partial charge on any atom is -0.496 e. The highest BCUT2D eigenvalue weighted by Crippen LogP contribution is 2.28. The van der Waals surface area contributed by atoms with E-state index >= 15 is 0 Å². The number of carbonyl (C=O) groups excluding carboxylic acids is 1. The van der Waals surface area contributed by atoms with Gasteiger partial charge in [-0.15, -0.1) is 0 Å². The van der Waals surface area contributed by atoms with Crippen LogP contribution in [0.15, 0.2) is 48.5 Å². The second-order valence-electron chi connectivity index (χ2n) is 12.3. The van der Waals surface area contributed by atoms with Gasteiger partial charge in [-0.05, 0) is 89.0 Å². The number of fused-ring (bicyclic) bond motifs is 2. The molecule has 0 saturated carbocycles. The smallest absolute Gasteiger partial charge is 0.352 e. The third kappa shape index (κ3) is 8.58. The molecule has 1 amide bonds. The molecule has 10 heteroatoms. The van der Waals surface area contributed by atoms with E-state index < -0.39 is 5.97 Å². The number of likely N-dealkylation sites (tertiary alicyclic amines) is 2. The van der Waals surface area contributed by atoms with Gasteiger partial charge in [0, 0.05) is 54.0 Å². The first-order valence-corrected chi connectivity index (χ1v) is 16.2. The van der Waals surface area contributed by atoms with Crippen LogP contribution in [-0.4, -0.2) is 95.3 Å². The zero-order valence-corrected chi connectivity index (χ0v) is 26.7. The van der Waals surface area contributed by atoms with Crippen LogP contribution in [0.3, 0.4) is 0 Å². The molecule has 0 aliphatic carbocycles. The first-order chi connectivity index (χ1) is 21.8. The van der Waals surface area contributed by atoms with Crippen molar-refractivity contribution in [2.75, 3.05) is 46.4 Å². The predicted octanol–water partition coefficient (Wildman–Crippen LogP) is 5.90. The highest BCUT2D eigenvalue weighted by Gasteiger charge is 2.23. The molecule has 2 aliphatic heterocycles. The van der Waals surface area contributed by atoms with Gasteiger partial charge in [0.25, 0.3) is 5.91 Å². The van der Waals surface area contributed by atoms with Crippen LogP contribution in [0.25, 0.3) is 21.8 Å². The second kappa shape index (κ2) is 15.3. The fourth-order valence-corrected chi connectivity index (χ4v) is 6.23. The van der Waals surface area contributed by atoms with Crippen molar-refractivity contribution in [1.29, 1.82) is 0 Å². The van der Waals surface area contributed by atoms with Crippen molar-refractivity contribution in [3.63, 3.8) is 0 Å². The summed E-state index contributed by atoms with van der Waals surface area (Å²) in [6.45, 7) is 10.9. The lowest BCUT2D eigenvalue weighted by Gasteiger charge is -2.33. The number of carbonyl (C=O) groups is 2. The molecule has 2 aromatic carbocycles. The van der Waals surface area contributed by atoms with E-state index in [-0.39, 0.29) is 23.7 Å². The zero-order valence-electron chi connectivity index (χ0n) is 26.7. The van der Waals surface area contributed by atoms with Crippen LogP contribution in [0.1, 0.15) is 73.3 Å². The van der Waals surface area contributed by atoms with Crippen LogP contribution in [-0.2, 0) is 0 Å². The fourth-order valence-electron chi connectivity index (χ4n) is 6.23. The number of methoxy groups -OCH3 is 1. The molecule has 2 aromatic heterocycles. The second-order valence-corrected chi connectivity index (χ2v) is 12.3. The maximum atomic E-state index is 12.7. The molecular formula is C35H47N5O5. The zero-order chi connectivity index (χ0) is 31.8. The van der Waals surface area contributed by atoms with Gasteiger partial charge in [0.15, 0.2) is 0 Å². The number of rotatable bonds is 9. The van der Waals surface area contributed by atoms with Crippen molar-refractivity contribution in [1.82, 2.24) is 25.1 Å². The van der Waals surface area contributed by atoms with E-state index in [4.69, 9.17) is 14.6 Å². The van der Waals surface area contributed by atoms with Gasteiger partial charge in [-0.3, -0.25) is 4.79 Å². The van der Waals surface area contributed by atoms with E-state index in [1.54, 1.807) is 13.2 Å². The number of amides is 1. The van der Waals surface area contributed by atoms with Crippen LogP contribution in [0.2, 0.25) is 0 Å². The molecular weight excluding hydrogens is 570 g/mol. The van der Waals surface area contributed by atoms with Gasteiger partial charge in [-0.1, -0.05) is 25.0 Å². The average Bonchev–Trinajstić information content (AvgIpc) is 3.59. The number of aromatic amines is 2. The largest absolute Gasteiger partial charge is 0.496 e. The minimum absolute atomic E-state index is 0.0220. The summed E-state index contributed by atoms with van der Waals surface area (Å²) in [6.07, 6.45) is 7.61. The van der Waals surface area contributed by atoms with Gasteiger partial charge in [0.05, 0.1) is 13.2 Å². The normalized spacial score (nSPS) is 16.7. The molecule has 2 fully saturated rings. The summed E-state index contributed by atoms with van der Waals surface area (Å²) in [5, 5.41) is 13.9. The summed E-state index contributed by atoms with van der Waals surface area (Å²) in [4.78, 5) is 34.8. The molecule has 6 rings (SSSR count). The molecule has 10 nitrogen and oxygen atoms in total. The molecule has 0 unspecified atom stereocenters. The Morgan fingerprint density at radius 2 is 1.40 bits per heavy atom. The molecule has 4 N–H and O–H groups in total. The Bertz CT molecular complexity index is 1560. The number of nitrogens with zero attached hydrogens (tertiary/aromatic N) is 2. The highest BCUT2D eigenvalue weighted by molar-refractivity contribution is 6.00. The standard InChI is InChI=1S/C23H34N4O2.C12H13NO3/c1-29-22-8-6-7-20-19(22)17-21(25-20)23(28)24-18-9-13-27(14-10-18)16-15-26-11-4-2-3-5-12-26;1-7(2)16-11-5-3-4-9-8(11)6-10(13-9)12(14)15/h6-8,17-18,25H,2-5,9-16H2,1H3,(H,24,28);3-7,13H,1-2H3,(H,14,15). The number of carboxylic acid groups (broad SMARTS) is 1. The number of aromatic nitrogens is 2. The predicted molar refractivity (Wildman–Crippen MR) is 178 cm³/mol. The Morgan fingerprint density at radius 1 is 0.844 bits per heavy atom. The summed E-state index contributed by atoms with van der Waals surface area (Å²) in [6, 6.07) is 15.1. The van der Waals surface area contributed by atoms with Crippen molar-refractivity contribution in [2.24, 2.45) is 0 Å². The lowest BCUT2D eigenvalue weighted by atomic mass is 10.0. The van der Waals surface area contributed by atoms with Gasteiger partial charge in [-0.2, -0.15) is 0 Å². The molecule has 2 aliphatic rings. The monoisotopic (exact) mass is 617 g/mol. The lowest BCUT2D eigenvalue weighted by molar-refractivity contribution is 0.0691. The van der Waals surface area contributed by atoms with E-state index in [1.807, 2.05) is 56.3 Å². The van der Waals surface area contributed by atoms with Crippen molar-refractivity contribution in [3.05, 3.63) is 59.9 Å². The molecule has 242 valence electrons. The molecule has 0 atom stereocenters. The quantitative estimate of drug-likeness (QED) is 0.184. The molecule has 2 saturated heterocycles. The summed E-state index contributed by atoms with van der Waals surface area (Å²) in [5.74, 6) is 0.504. The van der Waals surface area contributed by atoms with Gasteiger partial charge in [-0.25, -0.2) is 4.79 Å². The molecule has 4 aromatic rings. The minimum atomic E-state index is -0.966. The van der Waals surface area contributed by atoms with Crippen LogP contribution in [0.5, 0.6) is 11.5 Å². The molecule has 45 heavy (non-hydrogen) atoms. The Balaban J connectivity index is 0.000000211. The van der Waals surface area contributed by atoms with E-state index in [0.717, 1.165) is 60.0 Å². The first-order valence-electron chi connectivity index (χ1n) is 16.2. The van der Waals surface area contributed by atoms with E-state index in [0.29, 0.717) is 11.4 Å². The topological polar surface area (TPSA) is 123 Å². The van der Waals surface area contributed by atoms with Crippen LogP contribution >= 0.6 is 0 Å². The first kappa shape index (κ1) is 32.4. The number of H-pyrrole nitrogens is 2. The Hall–Kier alpha value is -4.02. The number of carboxylic acids is 1. The SMILES string of the molecule is CC(C)Oc1cccc2[nH]c(C(=O)O)cc12.COc1cccc2[nH]c(C(=O)NC3CCN(CCN4CCCCCC4)CC3)cc12. The summed E-state index contributed by atoms with van der Waals surface area (Å²) < 4.78 is 11.0. The van der Waals surface area contributed by atoms with E-state index in [2.05, 4.69) is 25.1 Å². The molecule has 0 spiro atoms. The summed E-state index contributed by atoms with van der Waals surface area (Å²) in [7, 11) is 1.65. The molecule has 0 bridgehead atoms. The van der Waals surface area contributed by atoms with E-state index in [9.17, 15) is 9.59 Å². The number of benzene rings is 2. The number of piperidine rings is 1. The number of aromatic carboxylic acids is 1. The third-order valence-electron chi connectivity index (χ3n) is 8.66. The number of hydrogen-bond acceptors (Lipinski definition) is 6. The van der Waals surface area contributed by atoms with Crippen molar-refractivity contribution in [3.8, 4) is 11.5 Å². The summed E-state index contributed by atoms with van der Waals surface area (Å²) in [5.41, 5.74) is 2.48. The molecule has 4 heterocycles. The Morgan fingerprint density at radius 3 is 2.00 bits per heavy atom. The Labute approximate surface area is 265 Å². The summed E-state index contributed by atoms with van der Waals surface area (Å²) >= 11 is 0. The lowest BCUT2D eigenvalue weighted by Crippen LogP contribution is -2.46. The molecule has 0 radical (unpaired) electrons. The van der Waals surface area contributed by atoms with Crippen molar-refractivity contribution in [2.45, 2.75) is 64.5 Å². The van der Waals surface area contributed by atoms with Gasteiger partial charge < -0.3 is 39.7 Å². The van der Waals surface area contributed by atoms with Gasteiger partial charge in [0.2, 0.25) is 0 Å². The Kier molecular flexibility index (Phi) is 11.0. The fraction of sp³-hybridized carbons (Fsp3) is 0.486. The maximum absolute atomic E-state index is 12.7. The maximum Gasteiger partial charge on any atom is 0.352 e. The van der Waals surface area contributed by atoms with Crippen molar-refractivity contribution < 1.29 is 24.2 Å². The van der Waals surface area contributed by atoms with E-state index in [1.165, 1.54) is 45.3 Å². The van der Waals surface area contributed by atoms with Gasteiger partial charge >= 0.3 is 5.97 Å². The average molecular weight is 618 g/mol. The van der Waals surface area contributed by atoms with Crippen LogP contribution < -0.4 is 14.8 Å². The van der Waals surface area contributed by atoms with Crippen molar-refractivity contribution >= 4 is 33.7 Å².